The molecule has 1 aliphatic rings. The number of nitrogens with one attached hydrogen (secondary N) is 1. The molecule has 7 heteroatoms. The van der Waals surface area contributed by atoms with Crippen molar-refractivity contribution in [2.45, 2.75) is 31.4 Å². The van der Waals surface area contributed by atoms with Gasteiger partial charge in [-0.1, -0.05) is 41.9 Å². The number of likely N-dealkylation sites (tertiary alicyclic amines) is 1. The van der Waals surface area contributed by atoms with Crippen molar-refractivity contribution < 1.29 is 9.90 Å². The molecule has 0 bridgehead atoms. The normalized spacial score (nSPS) is 20.1. The highest BCUT2D eigenvalue weighted by Gasteiger charge is 2.29. The maximum absolute atomic E-state index is 12.7. The number of carbonyl (C=O) groups is 1. The number of aryl methyl sites for hydroxylation is 1. The molecule has 0 radical (unpaired) electrons. The van der Waals surface area contributed by atoms with Crippen LogP contribution in [0.15, 0.2) is 54.9 Å². The molecule has 3 heterocycles. The number of hydrogen-bond acceptors (Lipinski definition) is 4. The van der Waals surface area contributed by atoms with Crippen LogP contribution in [0.5, 0.6) is 0 Å². The van der Waals surface area contributed by atoms with Crippen molar-refractivity contribution in [3.05, 3.63) is 71.1 Å². The summed E-state index contributed by atoms with van der Waals surface area (Å²) in [6.07, 6.45) is 5.55. The Morgan fingerprint density at radius 2 is 2.03 bits per heavy atom. The van der Waals surface area contributed by atoms with Crippen molar-refractivity contribution in [2.75, 3.05) is 19.6 Å². The first-order chi connectivity index (χ1) is 14.1. The van der Waals surface area contributed by atoms with E-state index in [1.54, 1.807) is 28.9 Å². The summed E-state index contributed by atoms with van der Waals surface area (Å²) in [7, 11) is 0. The molecule has 6 nitrogen and oxygen atoms in total. The van der Waals surface area contributed by atoms with Gasteiger partial charge in [0.1, 0.15) is 11.3 Å². The van der Waals surface area contributed by atoms with E-state index in [9.17, 15) is 9.90 Å². The highest BCUT2D eigenvalue weighted by Crippen LogP contribution is 2.15. The topological polar surface area (TPSA) is 69.9 Å². The summed E-state index contributed by atoms with van der Waals surface area (Å²) in [4.78, 5) is 19.3. The predicted octanol–water partition coefficient (Wildman–Crippen LogP) is 2.79. The molecule has 3 aromatic rings. The first-order valence-corrected chi connectivity index (χ1v) is 10.4. The lowest BCUT2D eigenvalue weighted by Crippen LogP contribution is -2.55. The quantitative estimate of drug-likeness (QED) is 0.653. The van der Waals surface area contributed by atoms with E-state index < -0.39 is 6.10 Å². The van der Waals surface area contributed by atoms with Gasteiger partial charge in [-0.15, -0.1) is 0 Å². The van der Waals surface area contributed by atoms with Crippen molar-refractivity contribution in [1.29, 1.82) is 0 Å². The van der Waals surface area contributed by atoms with Gasteiger partial charge in [-0.3, -0.25) is 4.79 Å². The largest absolute Gasteiger partial charge is 0.391 e. The SMILES string of the molecule is O=C(N[C@@H]1CN(CCCc2ccccc2)CC[C@@H]1O)c1cn2cc(Cl)ccc2n1. The third-order valence-corrected chi connectivity index (χ3v) is 5.63. The highest BCUT2D eigenvalue weighted by atomic mass is 35.5. The minimum Gasteiger partial charge on any atom is -0.391 e. The van der Waals surface area contributed by atoms with Crippen LogP contribution in [0.2, 0.25) is 5.02 Å². The molecule has 2 aromatic heterocycles. The van der Waals surface area contributed by atoms with Gasteiger partial charge in [-0.25, -0.2) is 4.98 Å². The van der Waals surface area contributed by atoms with Crippen LogP contribution in [0.3, 0.4) is 0 Å². The van der Waals surface area contributed by atoms with E-state index in [0.717, 1.165) is 25.9 Å². The zero-order chi connectivity index (χ0) is 20.2. The summed E-state index contributed by atoms with van der Waals surface area (Å²) in [6, 6.07) is 13.6. The number of halogens is 1. The molecule has 1 aromatic carbocycles. The number of rotatable bonds is 6. The van der Waals surface area contributed by atoms with Gasteiger partial charge < -0.3 is 19.7 Å². The van der Waals surface area contributed by atoms with Crippen LogP contribution in [0.4, 0.5) is 0 Å². The Bertz CT molecular complexity index is 975. The molecular weight excluding hydrogens is 388 g/mol. The third-order valence-electron chi connectivity index (χ3n) is 5.41. The molecule has 1 aliphatic heterocycles. The van der Waals surface area contributed by atoms with Gasteiger partial charge in [0.25, 0.3) is 5.91 Å². The molecule has 0 spiro atoms. The number of imidazole rings is 1. The molecule has 1 amide bonds. The number of aromatic nitrogens is 2. The monoisotopic (exact) mass is 412 g/mol. The van der Waals surface area contributed by atoms with Crippen LogP contribution in [-0.4, -0.2) is 57.1 Å². The maximum atomic E-state index is 12.7. The Hall–Kier alpha value is -2.41. The summed E-state index contributed by atoms with van der Waals surface area (Å²) >= 11 is 5.99. The van der Waals surface area contributed by atoms with Crippen molar-refractivity contribution in [2.24, 2.45) is 0 Å². The van der Waals surface area contributed by atoms with Gasteiger partial charge in [-0.05, 0) is 43.5 Å². The number of pyridine rings is 1. The number of aliphatic hydroxyl groups is 1. The highest BCUT2D eigenvalue weighted by molar-refractivity contribution is 6.30. The van der Waals surface area contributed by atoms with Gasteiger partial charge in [-0.2, -0.15) is 0 Å². The number of hydrogen-bond donors (Lipinski definition) is 2. The second-order valence-corrected chi connectivity index (χ2v) is 8.00. The first-order valence-electron chi connectivity index (χ1n) is 9.98. The number of amides is 1. The Kier molecular flexibility index (Phi) is 6.13. The fourth-order valence-electron chi connectivity index (χ4n) is 3.82. The van der Waals surface area contributed by atoms with Gasteiger partial charge >= 0.3 is 0 Å². The van der Waals surface area contributed by atoms with Crippen LogP contribution in [0.25, 0.3) is 5.65 Å². The number of fused-ring (bicyclic) bond motifs is 1. The van der Waals surface area contributed by atoms with Gasteiger partial charge in [0.05, 0.1) is 17.2 Å². The van der Waals surface area contributed by atoms with E-state index >= 15 is 0 Å². The van der Waals surface area contributed by atoms with E-state index in [2.05, 4.69) is 39.5 Å². The molecule has 2 atom stereocenters. The molecular formula is C22H25ClN4O2. The minimum absolute atomic E-state index is 0.278. The number of carbonyl (C=O) groups excluding carboxylic acids is 1. The third kappa shape index (κ3) is 4.96. The average molecular weight is 413 g/mol. The van der Waals surface area contributed by atoms with E-state index in [1.807, 2.05) is 6.07 Å². The summed E-state index contributed by atoms with van der Waals surface area (Å²) in [5.41, 5.74) is 2.31. The lowest BCUT2D eigenvalue weighted by Gasteiger charge is -2.36. The minimum atomic E-state index is -0.546. The molecule has 0 saturated carbocycles. The standard InChI is InChI=1S/C22H25ClN4O2/c23-17-8-9-21-24-19(15-27(21)13-17)22(29)25-18-14-26(12-10-20(18)28)11-4-7-16-5-2-1-3-6-16/h1-3,5-6,8-9,13,15,18,20,28H,4,7,10-12,14H2,(H,25,29)/t18-,20+/m1/s1. The zero-order valence-corrected chi connectivity index (χ0v) is 16.9. The van der Waals surface area contributed by atoms with E-state index in [-0.39, 0.29) is 11.9 Å². The van der Waals surface area contributed by atoms with Crippen LogP contribution < -0.4 is 5.32 Å². The van der Waals surface area contributed by atoms with Crippen LogP contribution in [0.1, 0.15) is 28.9 Å². The van der Waals surface area contributed by atoms with E-state index in [1.165, 1.54) is 5.56 Å². The second kappa shape index (κ2) is 8.95. The van der Waals surface area contributed by atoms with Gasteiger partial charge in [0.2, 0.25) is 0 Å². The maximum Gasteiger partial charge on any atom is 0.271 e. The summed E-state index contributed by atoms with van der Waals surface area (Å²) < 4.78 is 1.73. The predicted molar refractivity (Wildman–Crippen MR) is 113 cm³/mol. The number of nitrogens with zero attached hydrogens (tertiary/aromatic N) is 3. The summed E-state index contributed by atoms with van der Waals surface area (Å²) in [6.45, 7) is 2.43. The van der Waals surface area contributed by atoms with Crippen molar-refractivity contribution in [3.63, 3.8) is 0 Å². The molecule has 29 heavy (non-hydrogen) atoms. The molecule has 2 N–H and O–H groups in total. The Labute approximate surface area is 175 Å². The summed E-state index contributed by atoms with van der Waals surface area (Å²) in [5, 5.41) is 13.9. The fraction of sp³-hybridized carbons (Fsp3) is 0.364. The molecule has 0 aliphatic carbocycles. The number of aliphatic hydroxyl groups excluding tert-OH is 1. The second-order valence-electron chi connectivity index (χ2n) is 7.56. The molecule has 152 valence electrons. The Morgan fingerprint density at radius 1 is 1.21 bits per heavy atom. The Balaban J connectivity index is 1.33. The average Bonchev–Trinajstić information content (AvgIpc) is 3.14. The smallest absolute Gasteiger partial charge is 0.271 e. The van der Waals surface area contributed by atoms with Crippen molar-refractivity contribution in [3.8, 4) is 0 Å². The van der Waals surface area contributed by atoms with E-state index in [4.69, 9.17) is 11.6 Å². The molecule has 1 fully saturated rings. The zero-order valence-electron chi connectivity index (χ0n) is 16.2. The van der Waals surface area contributed by atoms with Crippen LogP contribution in [-0.2, 0) is 6.42 Å². The lowest BCUT2D eigenvalue weighted by atomic mass is 10.0. The van der Waals surface area contributed by atoms with E-state index in [0.29, 0.717) is 29.3 Å². The van der Waals surface area contributed by atoms with Crippen molar-refractivity contribution >= 4 is 23.2 Å². The molecule has 0 unspecified atom stereocenters. The lowest BCUT2D eigenvalue weighted by molar-refractivity contribution is 0.0431. The number of piperidine rings is 1. The number of benzene rings is 1. The first kappa shape index (κ1) is 19.9. The van der Waals surface area contributed by atoms with Gasteiger partial charge in [0.15, 0.2) is 0 Å². The van der Waals surface area contributed by atoms with Crippen molar-refractivity contribution in [1.82, 2.24) is 19.6 Å². The van der Waals surface area contributed by atoms with Crippen LogP contribution in [0, 0.1) is 0 Å². The molecule has 4 rings (SSSR count). The summed E-state index contributed by atoms with van der Waals surface area (Å²) in [5.74, 6) is -0.278. The Morgan fingerprint density at radius 3 is 2.86 bits per heavy atom. The van der Waals surface area contributed by atoms with Gasteiger partial charge in [0, 0.05) is 25.5 Å². The molecule has 1 saturated heterocycles. The fourth-order valence-corrected chi connectivity index (χ4v) is 3.99. The van der Waals surface area contributed by atoms with Crippen LogP contribution >= 0.6 is 11.6 Å².